The third kappa shape index (κ3) is 5.18. The van der Waals surface area contributed by atoms with Gasteiger partial charge in [0.25, 0.3) is 0 Å². The van der Waals surface area contributed by atoms with Crippen molar-refractivity contribution in [3.63, 3.8) is 0 Å². The second-order valence-electron chi connectivity index (χ2n) is 4.23. The van der Waals surface area contributed by atoms with E-state index in [2.05, 4.69) is 10.0 Å². The number of ether oxygens (including phenoxy) is 1. The summed E-state index contributed by atoms with van der Waals surface area (Å²) in [5, 5.41) is 3.19. The lowest BCUT2D eigenvalue weighted by atomic mass is 10.1. The van der Waals surface area contributed by atoms with E-state index < -0.39 is 10.0 Å². The van der Waals surface area contributed by atoms with Crippen LogP contribution in [0.15, 0.2) is 24.3 Å². The predicted molar refractivity (Wildman–Crippen MR) is 76.9 cm³/mol. The number of sulfonamides is 1. The summed E-state index contributed by atoms with van der Waals surface area (Å²) < 4.78 is 30.7. The van der Waals surface area contributed by atoms with Crippen molar-refractivity contribution < 1.29 is 13.2 Å². The topological polar surface area (TPSA) is 67.4 Å². The van der Waals surface area contributed by atoms with Crippen molar-refractivity contribution in [1.82, 2.24) is 10.0 Å². The molecule has 1 rings (SSSR count). The van der Waals surface area contributed by atoms with Crippen molar-refractivity contribution >= 4 is 10.0 Å². The van der Waals surface area contributed by atoms with E-state index in [1.54, 1.807) is 14.0 Å². The third-order valence-electron chi connectivity index (χ3n) is 2.79. The van der Waals surface area contributed by atoms with Crippen molar-refractivity contribution in [1.29, 1.82) is 0 Å². The molecular formula is C13H22N2O3S. The molecule has 19 heavy (non-hydrogen) atoms. The molecule has 0 aliphatic heterocycles. The molecule has 0 amide bonds. The van der Waals surface area contributed by atoms with Crippen LogP contribution in [0, 0.1) is 0 Å². The van der Waals surface area contributed by atoms with E-state index in [0.29, 0.717) is 13.1 Å². The molecule has 108 valence electrons. The van der Waals surface area contributed by atoms with E-state index in [1.807, 2.05) is 31.2 Å². The number of benzene rings is 1. The Labute approximate surface area is 115 Å². The largest absolute Gasteiger partial charge is 0.496 e. The molecule has 1 aromatic carbocycles. The number of hydrogen-bond donors (Lipinski definition) is 2. The quantitative estimate of drug-likeness (QED) is 0.755. The van der Waals surface area contributed by atoms with Crippen LogP contribution in [0.4, 0.5) is 0 Å². The van der Waals surface area contributed by atoms with Gasteiger partial charge in [-0.15, -0.1) is 0 Å². The summed E-state index contributed by atoms with van der Waals surface area (Å²) in [4.78, 5) is 0. The zero-order valence-corrected chi connectivity index (χ0v) is 12.5. The third-order valence-corrected chi connectivity index (χ3v) is 4.26. The summed E-state index contributed by atoms with van der Waals surface area (Å²) in [5.74, 6) is 0.873. The maximum atomic E-state index is 11.5. The molecule has 0 aliphatic rings. The Hall–Kier alpha value is -1.11. The molecule has 0 aliphatic carbocycles. The molecule has 0 bridgehead atoms. The van der Waals surface area contributed by atoms with Crippen molar-refractivity contribution in [2.24, 2.45) is 0 Å². The predicted octanol–water partition coefficient (Wildman–Crippen LogP) is 1.29. The minimum Gasteiger partial charge on any atom is -0.496 e. The van der Waals surface area contributed by atoms with Crippen molar-refractivity contribution in [3.8, 4) is 5.75 Å². The molecule has 2 N–H and O–H groups in total. The van der Waals surface area contributed by atoms with Gasteiger partial charge in [0.05, 0.1) is 12.9 Å². The number of hydrogen-bond acceptors (Lipinski definition) is 4. The van der Waals surface area contributed by atoms with Crippen LogP contribution in [-0.4, -0.2) is 34.4 Å². The van der Waals surface area contributed by atoms with Crippen LogP contribution in [0.2, 0.25) is 0 Å². The Morgan fingerprint density at radius 3 is 2.63 bits per heavy atom. The first-order valence-electron chi connectivity index (χ1n) is 6.33. The van der Waals surface area contributed by atoms with Crippen molar-refractivity contribution in [2.75, 3.05) is 26.0 Å². The highest BCUT2D eigenvalue weighted by Gasteiger charge is 2.12. The maximum Gasteiger partial charge on any atom is 0.212 e. The lowest BCUT2D eigenvalue weighted by Crippen LogP contribution is -2.32. The van der Waals surface area contributed by atoms with E-state index in [1.165, 1.54) is 0 Å². The first-order chi connectivity index (χ1) is 9.00. The molecule has 1 aromatic rings. The fourth-order valence-corrected chi connectivity index (χ4v) is 2.81. The van der Waals surface area contributed by atoms with Gasteiger partial charge in [0.15, 0.2) is 0 Å². The van der Waals surface area contributed by atoms with Crippen LogP contribution in [0.5, 0.6) is 5.75 Å². The standard InChI is InChI=1S/C13H22N2O3S/c1-4-15-19(16,17)10-9-14-11(2)12-7-5-6-8-13(12)18-3/h5-8,11,14-15H,4,9-10H2,1-3H3. The molecule has 1 unspecified atom stereocenters. The lowest BCUT2D eigenvalue weighted by molar-refractivity contribution is 0.402. The molecule has 0 aromatic heterocycles. The average Bonchev–Trinajstić information content (AvgIpc) is 2.38. The molecule has 0 radical (unpaired) electrons. The van der Waals surface area contributed by atoms with Gasteiger partial charge < -0.3 is 10.1 Å². The summed E-state index contributed by atoms with van der Waals surface area (Å²) >= 11 is 0. The van der Waals surface area contributed by atoms with Crippen molar-refractivity contribution in [2.45, 2.75) is 19.9 Å². The van der Waals surface area contributed by atoms with Gasteiger partial charge in [-0.2, -0.15) is 0 Å². The number of nitrogens with one attached hydrogen (secondary N) is 2. The minimum atomic E-state index is -3.17. The number of para-hydroxylation sites is 1. The normalized spacial score (nSPS) is 13.2. The van der Waals surface area contributed by atoms with Crippen LogP contribution in [0.25, 0.3) is 0 Å². The van der Waals surface area contributed by atoms with E-state index in [9.17, 15) is 8.42 Å². The second-order valence-corrected chi connectivity index (χ2v) is 6.16. The Balaban J connectivity index is 2.54. The molecule has 5 nitrogen and oxygen atoms in total. The maximum absolute atomic E-state index is 11.5. The van der Waals surface area contributed by atoms with Gasteiger partial charge in [0.2, 0.25) is 10.0 Å². The summed E-state index contributed by atoms with van der Waals surface area (Å²) in [6.07, 6.45) is 0. The van der Waals surface area contributed by atoms with Crippen LogP contribution in [-0.2, 0) is 10.0 Å². The molecule has 0 saturated heterocycles. The van der Waals surface area contributed by atoms with E-state index in [0.717, 1.165) is 11.3 Å². The summed E-state index contributed by atoms with van der Waals surface area (Å²) in [5.41, 5.74) is 1.02. The molecule has 6 heteroatoms. The summed E-state index contributed by atoms with van der Waals surface area (Å²) in [6, 6.07) is 7.74. The molecule has 1 atom stereocenters. The first kappa shape index (κ1) is 15.9. The summed E-state index contributed by atoms with van der Waals surface area (Å²) in [7, 11) is -1.54. The van der Waals surface area contributed by atoms with Gasteiger partial charge in [-0.05, 0) is 13.0 Å². The second kappa shape index (κ2) is 7.47. The molecule has 0 heterocycles. The molecule has 0 spiro atoms. The Morgan fingerprint density at radius 1 is 1.32 bits per heavy atom. The van der Waals surface area contributed by atoms with Crippen LogP contribution in [0.3, 0.4) is 0 Å². The van der Waals surface area contributed by atoms with Gasteiger partial charge in [0, 0.05) is 24.7 Å². The Kier molecular flexibility index (Phi) is 6.27. The number of rotatable bonds is 8. The fourth-order valence-electron chi connectivity index (χ4n) is 1.84. The fraction of sp³-hybridized carbons (Fsp3) is 0.538. The van der Waals surface area contributed by atoms with Gasteiger partial charge >= 0.3 is 0 Å². The lowest BCUT2D eigenvalue weighted by Gasteiger charge is -2.17. The molecular weight excluding hydrogens is 264 g/mol. The van der Waals surface area contributed by atoms with Gasteiger partial charge in [-0.25, -0.2) is 13.1 Å². The summed E-state index contributed by atoms with van der Waals surface area (Å²) in [6.45, 7) is 4.57. The zero-order chi connectivity index (χ0) is 14.3. The smallest absolute Gasteiger partial charge is 0.212 e. The van der Waals surface area contributed by atoms with Gasteiger partial charge in [0.1, 0.15) is 5.75 Å². The van der Waals surface area contributed by atoms with Gasteiger partial charge in [-0.1, -0.05) is 25.1 Å². The highest BCUT2D eigenvalue weighted by molar-refractivity contribution is 7.89. The molecule has 0 saturated carbocycles. The van der Waals surface area contributed by atoms with Crippen LogP contribution in [0.1, 0.15) is 25.5 Å². The zero-order valence-electron chi connectivity index (χ0n) is 11.6. The first-order valence-corrected chi connectivity index (χ1v) is 7.99. The highest BCUT2D eigenvalue weighted by Crippen LogP contribution is 2.23. The monoisotopic (exact) mass is 286 g/mol. The average molecular weight is 286 g/mol. The Bertz CT molecular complexity index is 488. The van der Waals surface area contributed by atoms with Crippen molar-refractivity contribution in [3.05, 3.63) is 29.8 Å². The minimum absolute atomic E-state index is 0.0352. The highest BCUT2D eigenvalue weighted by atomic mass is 32.2. The van der Waals surface area contributed by atoms with E-state index in [4.69, 9.17) is 4.74 Å². The van der Waals surface area contributed by atoms with Crippen LogP contribution < -0.4 is 14.8 Å². The van der Waals surface area contributed by atoms with E-state index >= 15 is 0 Å². The SMILES string of the molecule is CCNS(=O)(=O)CCNC(C)c1ccccc1OC. The Morgan fingerprint density at radius 2 is 2.00 bits per heavy atom. The number of methoxy groups -OCH3 is 1. The van der Waals surface area contributed by atoms with Crippen LogP contribution >= 0.6 is 0 Å². The molecule has 0 fully saturated rings. The van der Waals surface area contributed by atoms with Gasteiger partial charge in [-0.3, -0.25) is 0 Å². The van der Waals surface area contributed by atoms with E-state index in [-0.39, 0.29) is 11.8 Å².